The Kier molecular flexibility index (Phi) is 11.4. The summed E-state index contributed by atoms with van der Waals surface area (Å²) < 4.78 is 9.05. The molecular weight excluding hydrogens is 312 g/mol. The summed E-state index contributed by atoms with van der Waals surface area (Å²) in [5, 5.41) is 26.2. The Hall–Kier alpha value is -2.00. The molecule has 0 rings (SSSR count). The van der Waals surface area contributed by atoms with Crippen LogP contribution in [0, 0.1) is 0 Å². The van der Waals surface area contributed by atoms with Gasteiger partial charge in [-0.3, -0.25) is 19.2 Å². The first-order valence-corrected chi connectivity index (χ1v) is 7.29. The van der Waals surface area contributed by atoms with E-state index < -0.39 is 36.6 Å². The molecule has 9 heteroatoms. The van der Waals surface area contributed by atoms with Crippen molar-refractivity contribution in [1.29, 1.82) is 0 Å². The van der Waals surface area contributed by atoms with Crippen LogP contribution in [-0.4, -0.2) is 52.1 Å². The maximum absolute atomic E-state index is 11.3. The Morgan fingerprint density at radius 3 is 1.96 bits per heavy atom. The minimum atomic E-state index is -1.26. The zero-order chi connectivity index (χ0) is 17.7. The first kappa shape index (κ1) is 21.0. The van der Waals surface area contributed by atoms with Gasteiger partial charge >= 0.3 is 23.9 Å². The minimum absolute atomic E-state index is 0.00355. The second-order valence-electron chi connectivity index (χ2n) is 4.76. The lowest BCUT2D eigenvalue weighted by atomic mass is 10.2. The maximum atomic E-state index is 11.3. The molecule has 132 valence electrons. The Balaban J connectivity index is 3.70. The van der Waals surface area contributed by atoms with Crippen LogP contribution in [0.2, 0.25) is 0 Å². The molecule has 0 bridgehead atoms. The standard InChI is InChI=1S/C14H22O9/c15-9-3-6-13(20)22-11(18)4-1-2-5-12(19)23-14(21)8-7-10(16)17/h13,15,20H,1-9H2,(H,16,17). The number of carbonyl (C=O) groups is 4. The molecule has 0 saturated heterocycles. The predicted molar refractivity (Wildman–Crippen MR) is 74.9 cm³/mol. The van der Waals surface area contributed by atoms with Gasteiger partial charge in [0.25, 0.3) is 0 Å². The molecule has 0 aliphatic rings. The molecular formula is C14H22O9. The molecule has 0 aromatic heterocycles. The van der Waals surface area contributed by atoms with Crippen LogP contribution in [0.1, 0.15) is 51.4 Å². The van der Waals surface area contributed by atoms with E-state index in [4.69, 9.17) is 10.2 Å². The number of ether oxygens (including phenoxy) is 2. The van der Waals surface area contributed by atoms with Gasteiger partial charge in [0.1, 0.15) is 0 Å². The van der Waals surface area contributed by atoms with E-state index in [1.165, 1.54) is 0 Å². The molecule has 0 spiro atoms. The van der Waals surface area contributed by atoms with Crippen molar-refractivity contribution >= 4 is 23.9 Å². The monoisotopic (exact) mass is 334 g/mol. The minimum Gasteiger partial charge on any atom is -0.481 e. The number of hydrogen-bond acceptors (Lipinski definition) is 8. The van der Waals surface area contributed by atoms with Gasteiger partial charge in [0.15, 0.2) is 0 Å². The van der Waals surface area contributed by atoms with E-state index in [0.29, 0.717) is 12.8 Å². The number of aliphatic hydroxyl groups is 2. The number of hydrogen-bond donors (Lipinski definition) is 3. The van der Waals surface area contributed by atoms with Gasteiger partial charge in [0.05, 0.1) is 12.8 Å². The van der Waals surface area contributed by atoms with Crippen LogP contribution in [-0.2, 0) is 28.7 Å². The average Bonchev–Trinajstić information content (AvgIpc) is 2.47. The average molecular weight is 334 g/mol. The van der Waals surface area contributed by atoms with Gasteiger partial charge in [-0.05, 0) is 19.3 Å². The fraction of sp³-hybridized carbons (Fsp3) is 0.714. The number of carbonyl (C=O) groups excluding carboxylic acids is 3. The highest BCUT2D eigenvalue weighted by Gasteiger charge is 2.13. The zero-order valence-electron chi connectivity index (χ0n) is 12.7. The van der Waals surface area contributed by atoms with Crippen LogP contribution < -0.4 is 0 Å². The van der Waals surface area contributed by atoms with Crippen LogP contribution in [0.4, 0.5) is 0 Å². The summed E-state index contributed by atoms with van der Waals surface area (Å²) in [6, 6.07) is 0. The van der Waals surface area contributed by atoms with Gasteiger partial charge in [-0.15, -0.1) is 0 Å². The second kappa shape index (κ2) is 12.5. The first-order chi connectivity index (χ1) is 10.8. The summed E-state index contributed by atoms with van der Waals surface area (Å²) in [4.78, 5) is 43.9. The lowest BCUT2D eigenvalue weighted by Crippen LogP contribution is -2.18. The zero-order valence-corrected chi connectivity index (χ0v) is 12.7. The van der Waals surface area contributed by atoms with Gasteiger partial charge in [-0.1, -0.05) is 0 Å². The number of esters is 3. The van der Waals surface area contributed by atoms with Crippen molar-refractivity contribution in [1.82, 2.24) is 0 Å². The van der Waals surface area contributed by atoms with Crippen LogP contribution in [0.3, 0.4) is 0 Å². The second-order valence-corrected chi connectivity index (χ2v) is 4.76. The van der Waals surface area contributed by atoms with Crippen molar-refractivity contribution in [3.05, 3.63) is 0 Å². The third kappa shape index (κ3) is 13.4. The number of rotatable bonds is 12. The fourth-order valence-electron chi connectivity index (χ4n) is 1.51. The lowest BCUT2D eigenvalue weighted by Gasteiger charge is -2.11. The normalized spacial score (nSPS) is 11.6. The maximum Gasteiger partial charge on any atom is 0.314 e. The SMILES string of the molecule is O=C(O)CCC(=O)OC(=O)CCCCC(=O)OC(O)CCCO. The molecule has 0 aromatic carbocycles. The molecule has 3 N–H and O–H groups in total. The Morgan fingerprint density at radius 2 is 1.39 bits per heavy atom. The summed E-state index contributed by atoms with van der Waals surface area (Å²) >= 11 is 0. The van der Waals surface area contributed by atoms with Crippen LogP contribution in [0.25, 0.3) is 0 Å². The molecule has 23 heavy (non-hydrogen) atoms. The van der Waals surface area contributed by atoms with Gasteiger partial charge in [0, 0.05) is 25.9 Å². The topological polar surface area (TPSA) is 147 Å². The molecule has 0 heterocycles. The van der Waals surface area contributed by atoms with Crippen LogP contribution in [0.5, 0.6) is 0 Å². The summed E-state index contributed by atoms with van der Waals surface area (Å²) in [5.74, 6) is -3.46. The van der Waals surface area contributed by atoms with Gasteiger partial charge < -0.3 is 24.8 Å². The molecule has 0 radical (unpaired) electrons. The lowest BCUT2D eigenvalue weighted by molar-refractivity contribution is -0.169. The van der Waals surface area contributed by atoms with Gasteiger partial charge in [0.2, 0.25) is 6.29 Å². The van der Waals surface area contributed by atoms with Crippen molar-refractivity contribution in [2.24, 2.45) is 0 Å². The van der Waals surface area contributed by atoms with E-state index in [0.717, 1.165) is 0 Å². The highest BCUT2D eigenvalue weighted by atomic mass is 16.6. The molecule has 0 aliphatic carbocycles. The summed E-state index contributed by atoms with van der Waals surface area (Å²) in [6.45, 7) is -0.109. The Labute approximate surface area is 133 Å². The Morgan fingerprint density at radius 1 is 0.826 bits per heavy atom. The number of carboxylic acids is 1. The number of unbranched alkanes of at least 4 members (excludes halogenated alkanes) is 1. The molecule has 0 aromatic rings. The number of aliphatic hydroxyl groups excluding tert-OH is 2. The highest BCUT2D eigenvalue weighted by molar-refractivity contribution is 5.87. The summed E-state index contributed by atoms with van der Waals surface area (Å²) in [5.41, 5.74) is 0. The van der Waals surface area contributed by atoms with Crippen molar-refractivity contribution in [3.8, 4) is 0 Å². The molecule has 0 aliphatic heterocycles. The van der Waals surface area contributed by atoms with Gasteiger partial charge in [-0.2, -0.15) is 0 Å². The van der Waals surface area contributed by atoms with E-state index in [2.05, 4.69) is 9.47 Å². The van der Waals surface area contributed by atoms with E-state index in [9.17, 15) is 24.3 Å². The molecule has 1 atom stereocenters. The van der Waals surface area contributed by atoms with Crippen molar-refractivity contribution in [2.75, 3.05) is 6.61 Å². The van der Waals surface area contributed by atoms with E-state index >= 15 is 0 Å². The Bertz CT molecular complexity index is 405. The van der Waals surface area contributed by atoms with Gasteiger partial charge in [-0.25, -0.2) is 0 Å². The van der Waals surface area contributed by atoms with Crippen LogP contribution >= 0.6 is 0 Å². The molecule has 1 unspecified atom stereocenters. The van der Waals surface area contributed by atoms with E-state index in [1.807, 2.05) is 0 Å². The predicted octanol–water partition coefficient (Wildman–Crippen LogP) is 0.115. The summed E-state index contributed by atoms with van der Waals surface area (Å²) in [6.07, 6.45) is -1.07. The van der Waals surface area contributed by atoms with Crippen molar-refractivity contribution < 1.29 is 44.0 Å². The van der Waals surface area contributed by atoms with E-state index in [1.54, 1.807) is 0 Å². The highest BCUT2D eigenvalue weighted by Crippen LogP contribution is 2.06. The first-order valence-electron chi connectivity index (χ1n) is 7.29. The molecule has 0 saturated carbocycles. The summed E-state index contributed by atoms with van der Waals surface area (Å²) in [7, 11) is 0. The largest absolute Gasteiger partial charge is 0.481 e. The number of aliphatic carboxylic acids is 1. The van der Waals surface area contributed by atoms with E-state index in [-0.39, 0.29) is 38.7 Å². The van der Waals surface area contributed by atoms with Crippen molar-refractivity contribution in [2.45, 2.75) is 57.7 Å². The fourth-order valence-corrected chi connectivity index (χ4v) is 1.51. The van der Waals surface area contributed by atoms with Crippen LogP contribution in [0.15, 0.2) is 0 Å². The smallest absolute Gasteiger partial charge is 0.314 e. The number of carboxylic acid groups (broad SMARTS) is 1. The molecule has 9 nitrogen and oxygen atoms in total. The van der Waals surface area contributed by atoms with Crippen molar-refractivity contribution in [3.63, 3.8) is 0 Å². The molecule has 0 fully saturated rings. The third-order valence-electron chi connectivity index (χ3n) is 2.66. The third-order valence-corrected chi connectivity index (χ3v) is 2.66. The quantitative estimate of drug-likeness (QED) is 0.196. The molecule has 0 amide bonds.